The summed E-state index contributed by atoms with van der Waals surface area (Å²) in [5.41, 5.74) is -1.30. The summed E-state index contributed by atoms with van der Waals surface area (Å²) in [5.74, 6) is 4.90. The Morgan fingerprint density at radius 1 is 0.365 bits per heavy atom. The molecular weight excluding hydrogens is 686 g/mol. The van der Waals surface area contributed by atoms with Gasteiger partial charge < -0.3 is 18.1 Å². The van der Waals surface area contributed by atoms with Crippen LogP contribution in [-0.4, -0.2) is 35.7 Å². The van der Waals surface area contributed by atoms with E-state index in [0.29, 0.717) is 71.0 Å². The Hall–Kier alpha value is 0.300. The van der Waals surface area contributed by atoms with Gasteiger partial charge in [-0.3, -0.25) is 9.13 Å². The van der Waals surface area contributed by atoms with Crippen LogP contribution in [0.15, 0.2) is 0 Å². The summed E-state index contributed by atoms with van der Waals surface area (Å²) in [6, 6.07) is 0. The highest BCUT2D eigenvalue weighted by Gasteiger charge is 2.53. The third-order valence-corrected chi connectivity index (χ3v) is 20.1. The quantitative estimate of drug-likeness (QED) is 0.154. The molecule has 0 aliphatic heterocycles. The number of hydrogen-bond donors (Lipinski definition) is 0. The van der Waals surface area contributed by atoms with E-state index in [-0.39, 0.29) is 24.4 Å². The van der Waals surface area contributed by atoms with Crippen LogP contribution in [0.1, 0.15) is 174 Å². The van der Waals surface area contributed by atoms with Gasteiger partial charge in [-0.2, -0.15) is 0 Å². The van der Waals surface area contributed by atoms with Crippen molar-refractivity contribution in [1.29, 1.82) is 0 Å². The van der Waals surface area contributed by atoms with Crippen LogP contribution in [0, 0.1) is 71.0 Å². The molecular formula is C44H84O6P2. The van der Waals surface area contributed by atoms with Crippen molar-refractivity contribution in [2.24, 2.45) is 71.0 Å². The number of hydrogen-bond acceptors (Lipinski definition) is 6. The normalized spacial score (nSPS) is 38.3. The molecule has 0 bridgehead atoms. The van der Waals surface area contributed by atoms with Gasteiger partial charge in [-0.25, -0.2) is 0 Å². The van der Waals surface area contributed by atoms with Crippen LogP contribution >= 0.6 is 15.2 Å². The fourth-order valence-corrected chi connectivity index (χ4v) is 16.0. The van der Waals surface area contributed by atoms with Crippen LogP contribution < -0.4 is 0 Å². The molecule has 8 heteroatoms. The van der Waals surface area contributed by atoms with Crippen LogP contribution in [0.25, 0.3) is 0 Å². The molecule has 52 heavy (non-hydrogen) atoms. The zero-order valence-corrected chi connectivity index (χ0v) is 38.0. The largest absolute Gasteiger partial charge is 0.334 e. The predicted octanol–water partition coefficient (Wildman–Crippen LogP) is 14.1. The summed E-state index contributed by atoms with van der Waals surface area (Å²) in [6.45, 7) is 31.4. The Labute approximate surface area is 322 Å². The summed E-state index contributed by atoms with van der Waals surface area (Å²) in [5, 5.41) is 0. The molecule has 6 nitrogen and oxygen atoms in total. The van der Waals surface area contributed by atoms with Gasteiger partial charge in [0.25, 0.3) is 0 Å². The van der Waals surface area contributed by atoms with Gasteiger partial charge in [0.1, 0.15) is 0 Å². The minimum absolute atomic E-state index is 0.155. The van der Waals surface area contributed by atoms with Gasteiger partial charge in [-0.05, 0) is 122 Å². The maximum absolute atomic E-state index is 16.0. The first-order chi connectivity index (χ1) is 24.2. The van der Waals surface area contributed by atoms with Gasteiger partial charge in [0, 0.05) is 0 Å². The second-order valence-electron chi connectivity index (χ2n) is 20.4. The molecule has 0 aromatic rings. The molecule has 4 aliphatic rings. The monoisotopic (exact) mass is 771 g/mol. The minimum Gasteiger partial charge on any atom is -0.305 e. The Kier molecular flexibility index (Phi) is 16.6. The first kappa shape index (κ1) is 45.0. The topological polar surface area (TPSA) is 71.1 Å². The smallest absolute Gasteiger partial charge is 0.305 e. The highest BCUT2D eigenvalue weighted by Crippen LogP contribution is 2.68. The summed E-state index contributed by atoms with van der Waals surface area (Å²) >= 11 is 0. The maximum atomic E-state index is 16.0. The average molecular weight is 771 g/mol. The molecule has 0 heterocycles. The average Bonchev–Trinajstić information content (AvgIpc) is 3.03. The minimum atomic E-state index is -3.84. The lowest BCUT2D eigenvalue weighted by molar-refractivity contribution is -0.0113. The molecule has 4 rings (SSSR count). The van der Waals surface area contributed by atoms with Gasteiger partial charge in [0.15, 0.2) is 0 Å². The van der Waals surface area contributed by atoms with E-state index in [1.807, 2.05) is 13.8 Å². The van der Waals surface area contributed by atoms with Crippen molar-refractivity contribution in [3.8, 4) is 0 Å². The van der Waals surface area contributed by atoms with Gasteiger partial charge in [0.05, 0.1) is 35.7 Å². The zero-order valence-electron chi connectivity index (χ0n) is 36.2. The first-order valence-corrected chi connectivity index (χ1v) is 25.4. The van der Waals surface area contributed by atoms with E-state index in [1.165, 1.54) is 25.7 Å². The standard InChI is InChI=1S/C44H84O6P2/c1-27(2)37-19-15-31(9)23-41(37)47-51(45,48-42-24-32(10)16-20-38(42)28(3)4)35(13)36(14)52(46,49-43-25-33(11)17-21-39(43)29(5)6)50-44-26-34(12)18-22-40(44)30(7)8/h27-44H,15-26H2,1-14H3/t31-,32-,33-,34-,35?,36?,37+,38+,39+,40+,41-,42-,43-,44-/m1/s1. The lowest BCUT2D eigenvalue weighted by Crippen LogP contribution is -2.41. The Bertz CT molecular complexity index is 1020. The molecule has 0 spiro atoms. The van der Waals surface area contributed by atoms with Crippen molar-refractivity contribution in [3.05, 3.63) is 0 Å². The molecule has 0 radical (unpaired) electrons. The van der Waals surface area contributed by atoms with E-state index < -0.39 is 26.5 Å². The molecule has 4 fully saturated rings. The summed E-state index contributed by atoms with van der Waals surface area (Å²) in [6.07, 6.45) is 11.8. The Morgan fingerprint density at radius 3 is 0.731 bits per heavy atom. The van der Waals surface area contributed by atoms with Crippen LogP contribution in [0.2, 0.25) is 0 Å². The molecule has 2 unspecified atom stereocenters. The SMILES string of the molecule is CC(C)[C@@H]1CC[C@@H](C)C[C@H]1OP(=O)(O[C@@H]1C[C@H](C)CC[C@H]1C(C)C)C(C)C(C)P(=O)(O[C@@H]1C[C@H](C)CC[C@H]1C(C)C)O[C@@H]1C[C@H](C)CC[C@H]1C(C)C. The highest BCUT2D eigenvalue weighted by molar-refractivity contribution is 7.59. The van der Waals surface area contributed by atoms with Crippen molar-refractivity contribution in [1.82, 2.24) is 0 Å². The van der Waals surface area contributed by atoms with Crippen molar-refractivity contribution < 1.29 is 27.2 Å². The van der Waals surface area contributed by atoms with Gasteiger partial charge >= 0.3 is 15.2 Å². The molecule has 0 saturated heterocycles. The Morgan fingerprint density at radius 2 is 0.558 bits per heavy atom. The molecule has 0 N–H and O–H groups in total. The van der Waals surface area contributed by atoms with E-state index in [2.05, 4.69) is 83.1 Å². The van der Waals surface area contributed by atoms with E-state index in [9.17, 15) is 0 Å². The first-order valence-electron chi connectivity index (χ1n) is 22.2. The van der Waals surface area contributed by atoms with Crippen LogP contribution in [0.5, 0.6) is 0 Å². The summed E-state index contributed by atoms with van der Waals surface area (Å²) in [7, 11) is -7.68. The highest BCUT2D eigenvalue weighted by atomic mass is 31.2. The molecule has 0 amide bonds. The fourth-order valence-electron chi connectivity index (χ4n) is 10.7. The van der Waals surface area contributed by atoms with Gasteiger partial charge in [-0.15, -0.1) is 0 Å². The van der Waals surface area contributed by atoms with Gasteiger partial charge in [0.2, 0.25) is 0 Å². The molecule has 0 aromatic carbocycles. The maximum Gasteiger partial charge on any atom is 0.334 e. The second kappa shape index (κ2) is 19.2. The molecule has 14 atom stereocenters. The van der Waals surface area contributed by atoms with E-state index >= 15 is 9.13 Å². The van der Waals surface area contributed by atoms with Gasteiger partial charge in [-0.1, -0.05) is 123 Å². The summed E-state index contributed by atoms with van der Waals surface area (Å²) in [4.78, 5) is 0. The third kappa shape index (κ3) is 11.2. The van der Waals surface area contributed by atoms with E-state index in [0.717, 1.165) is 51.4 Å². The van der Waals surface area contributed by atoms with Crippen molar-refractivity contribution in [2.45, 2.75) is 210 Å². The molecule has 0 aromatic heterocycles. The third-order valence-electron chi connectivity index (χ3n) is 14.7. The predicted molar refractivity (Wildman–Crippen MR) is 219 cm³/mol. The van der Waals surface area contributed by atoms with Crippen LogP contribution in [0.4, 0.5) is 0 Å². The van der Waals surface area contributed by atoms with Crippen molar-refractivity contribution in [2.75, 3.05) is 0 Å². The van der Waals surface area contributed by atoms with E-state index in [4.69, 9.17) is 18.1 Å². The molecule has 4 saturated carbocycles. The van der Waals surface area contributed by atoms with E-state index in [1.54, 1.807) is 0 Å². The molecule has 306 valence electrons. The fraction of sp³-hybridized carbons (Fsp3) is 1.00. The Balaban J connectivity index is 1.78. The van der Waals surface area contributed by atoms with Crippen molar-refractivity contribution >= 4 is 15.2 Å². The summed E-state index contributed by atoms with van der Waals surface area (Å²) < 4.78 is 60.5. The lowest BCUT2D eigenvalue weighted by atomic mass is 9.75. The number of rotatable bonds is 15. The zero-order chi connectivity index (χ0) is 38.7. The second-order valence-corrected chi connectivity index (χ2v) is 25.1. The van der Waals surface area contributed by atoms with Crippen molar-refractivity contribution in [3.63, 3.8) is 0 Å². The van der Waals surface area contributed by atoms with Crippen LogP contribution in [0.3, 0.4) is 0 Å². The lowest BCUT2D eigenvalue weighted by Gasteiger charge is -2.46. The molecule has 4 aliphatic carbocycles. The van der Waals surface area contributed by atoms with Crippen LogP contribution in [-0.2, 0) is 27.2 Å².